The standard InChI is InChI=1S/C14H23NO/c1-11(8-12(2)15(3)4)9-13-6-5-7-14(16)10-13/h5-7,10-12,16H,8-9H2,1-4H3. The molecule has 2 heteroatoms. The van der Waals surface area contributed by atoms with Crippen LogP contribution in [0.5, 0.6) is 5.75 Å². The van der Waals surface area contributed by atoms with Gasteiger partial charge in [0.1, 0.15) is 5.75 Å². The molecule has 0 saturated carbocycles. The number of phenols is 1. The summed E-state index contributed by atoms with van der Waals surface area (Å²) in [5, 5.41) is 9.39. The van der Waals surface area contributed by atoms with Crippen LogP contribution >= 0.6 is 0 Å². The van der Waals surface area contributed by atoms with Crippen LogP contribution in [0.25, 0.3) is 0 Å². The van der Waals surface area contributed by atoms with Crippen molar-refractivity contribution < 1.29 is 5.11 Å². The summed E-state index contributed by atoms with van der Waals surface area (Å²) in [7, 11) is 4.23. The topological polar surface area (TPSA) is 23.5 Å². The van der Waals surface area contributed by atoms with Crippen LogP contribution in [0, 0.1) is 5.92 Å². The molecule has 1 aromatic rings. The molecule has 0 aliphatic heterocycles. The van der Waals surface area contributed by atoms with Gasteiger partial charge in [-0.1, -0.05) is 19.1 Å². The first kappa shape index (κ1) is 13.0. The molecular formula is C14H23NO. The summed E-state index contributed by atoms with van der Waals surface area (Å²) in [5.41, 5.74) is 1.22. The minimum atomic E-state index is 0.366. The highest BCUT2D eigenvalue weighted by Gasteiger charge is 2.11. The molecule has 90 valence electrons. The van der Waals surface area contributed by atoms with E-state index in [1.165, 1.54) is 12.0 Å². The summed E-state index contributed by atoms with van der Waals surface area (Å²) < 4.78 is 0. The number of hydrogen-bond acceptors (Lipinski definition) is 2. The van der Waals surface area contributed by atoms with Crippen molar-refractivity contribution in [2.75, 3.05) is 14.1 Å². The summed E-state index contributed by atoms with van der Waals surface area (Å²) in [4.78, 5) is 2.25. The zero-order valence-corrected chi connectivity index (χ0v) is 10.8. The van der Waals surface area contributed by atoms with Gasteiger partial charge >= 0.3 is 0 Å². The zero-order chi connectivity index (χ0) is 12.1. The smallest absolute Gasteiger partial charge is 0.115 e. The Hall–Kier alpha value is -1.02. The van der Waals surface area contributed by atoms with Crippen LogP contribution in [-0.4, -0.2) is 30.1 Å². The molecule has 0 fully saturated rings. The Morgan fingerprint density at radius 1 is 1.25 bits per heavy atom. The second kappa shape index (κ2) is 5.90. The number of benzene rings is 1. The number of phenolic OH excluding ortho intramolecular Hbond substituents is 1. The molecule has 1 rings (SSSR count). The normalized spacial score (nSPS) is 15.1. The van der Waals surface area contributed by atoms with E-state index in [-0.39, 0.29) is 0 Å². The van der Waals surface area contributed by atoms with Gasteiger partial charge in [0.05, 0.1) is 0 Å². The minimum Gasteiger partial charge on any atom is -0.508 e. The fourth-order valence-corrected chi connectivity index (χ4v) is 1.96. The first-order valence-corrected chi connectivity index (χ1v) is 5.93. The molecule has 0 heterocycles. The highest BCUT2D eigenvalue weighted by molar-refractivity contribution is 5.27. The second-order valence-corrected chi connectivity index (χ2v) is 5.03. The fourth-order valence-electron chi connectivity index (χ4n) is 1.96. The second-order valence-electron chi connectivity index (χ2n) is 5.03. The Labute approximate surface area is 98.9 Å². The molecule has 0 aliphatic rings. The summed E-state index contributed by atoms with van der Waals surface area (Å²) in [6, 6.07) is 8.17. The van der Waals surface area contributed by atoms with E-state index < -0.39 is 0 Å². The molecule has 0 saturated heterocycles. The monoisotopic (exact) mass is 221 g/mol. The van der Waals surface area contributed by atoms with Gasteiger partial charge in [-0.25, -0.2) is 0 Å². The molecule has 0 bridgehead atoms. The van der Waals surface area contributed by atoms with E-state index >= 15 is 0 Å². The first-order valence-electron chi connectivity index (χ1n) is 5.93. The number of rotatable bonds is 5. The Morgan fingerprint density at radius 3 is 2.50 bits per heavy atom. The molecule has 16 heavy (non-hydrogen) atoms. The first-order chi connectivity index (χ1) is 7.49. The maximum atomic E-state index is 9.39. The van der Waals surface area contributed by atoms with Crippen molar-refractivity contribution in [1.82, 2.24) is 4.90 Å². The van der Waals surface area contributed by atoms with Crippen molar-refractivity contribution in [3.8, 4) is 5.75 Å². The van der Waals surface area contributed by atoms with Crippen LogP contribution in [0.15, 0.2) is 24.3 Å². The lowest BCUT2D eigenvalue weighted by molar-refractivity contribution is 0.267. The Morgan fingerprint density at radius 2 is 1.94 bits per heavy atom. The number of aromatic hydroxyl groups is 1. The number of nitrogens with zero attached hydrogens (tertiary/aromatic N) is 1. The Kier molecular flexibility index (Phi) is 4.81. The van der Waals surface area contributed by atoms with Crippen LogP contribution < -0.4 is 0 Å². The SMILES string of the molecule is CC(Cc1cccc(O)c1)CC(C)N(C)C. The summed E-state index contributed by atoms with van der Waals surface area (Å²) in [6.07, 6.45) is 2.22. The zero-order valence-electron chi connectivity index (χ0n) is 10.8. The highest BCUT2D eigenvalue weighted by atomic mass is 16.3. The molecule has 1 aromatic carbocycles. The molecule has 2 unspecified atom stereocenters. The molecule has 1 N–H and O–H groups in total. The van der Waals surface area contributed by atoms with E-state index in [0.717, 1.165) is 6.42 Å². The van der Waals surface area contributed by atoms with Gasteiger partial charge in [-0.2, -0.15) is 0 Å². The van der Waals surface area contributed by atoms with Crippen molar-refractivity contribution in [2.24, 2.45) is 5.92 Å². The third-order valence-corrected chi connectivity index (χ3v) is 3.12. The van der Waals surface area contributed by atoms with Gasteiger partial charge in [0, 0.05) is 6.04 Å². The van der Waals surface area contributed by atoms with Gasteiger partial charge < -0.3 is 10.0 Å². The minimum absolute atomic E-state index is 0.366. The molecule has 0 radical (unpaired) electrons. The van der Waals surface area contributed by atoms with Crippen molar-refractivity contribution in [1.29, 1.82) is 0 Å². The van der Waals surface area contributed by atoms with Crippen LogP contribution in [0.1, 0.15) is 25.8 Å². The van der Waals surface area contributed by atoms with Crippen molar-refractivity contribution in [2.45, 2.75) is 32.7 Å². The summed E-state index contributed by atoms with van der Waals surface area (Å²) in [6.45, 7) is 4.52. The lowest BCUT2D eigenvalue weighted by Gasteiger charge is -2.23. The third-order valence-electron chi connectivity index (χ3n) is 3.12. The molecule has 0 aliphatic carbocycles. The summed E-state index contributed by atoms with van der Waals surface area (Å²) in [5.74, 6) is 1.00. The van der Waals surface area contributed by atoms with E-state index in [0.29, 0.717) is 17.7 Å². The van der Waals surface area contributed by atoms with Crippen molar-refractivity contribution in [3.05, 3.63) is 29.8 Å². The molecular weight excluding hydrogens is 198 g/mol. The van der Waals surface area contributed by atoms with Crippen LogP contribution in [0.2, 0.25) is 0 Å². The van der Waals surface area contributed by atoms with Gasteiger partial charge in [0.25, 0.3) is 0 Å². The quantitative estimate of drug-likeness (QED) is 0.826. The van der Waals surface area contributed by atoms with E-state index in [1.54, 1.807) is 6.07 Å². The van der Waals surface area contributed by atoms with Crippen molar-refractivity contribution >= 4 is 0 Å². The van der Waals surface area contributed by atoms with Gasteiger partial charge in [-0.05, 0) is 57.5 Å². The van der Waals surface area contributed by atoms with Gasteiger partial charge in [0.15, 0.2) is 0 Å². The van der Waals surface area contributed by atoms with Gasteiger partial charge in [0.2, 0.25) is 0 Å². The average molecular weight is 221 g/mol. The molecule has 0 spiro atoms. The fraction of sp³-hybridized carbons (Fsp3) is 0.571. The van der Waals surface area contributed by atoms with E-state index in [2.05, 4.69) is 38.9 Å². The van der Waals surface area contributed by atoms with E-state index in [9.17, 15) is 5.11 Å². The Balaban J connectivity index is 2.48. The largest absolute Gasteiger partial charge is 0.508 e. The van der Waals surface area contributed by atoms with Crippen molar-refractivity contribution in [3.63, 3.8) is 0 Å². The third kappa shape index (κ3) is 4.23. The van der Waals surface area contributed by atoms with Crippen LogP contribution in [0.4, 0.5) is 0 Å². The van der Waals surface area contributed by atoms with Crippen LogP contribution in [0.3, 0.4) is 0 Å². The Bertz CT molecular complexity index is 322. The van der Waals surface area contributed by atoms with Gasteiger partial charge in [-0.3, -0.25) is 0 Å². The molecule has 2 atom stereocenters. The lowest BCUT2D eigenvalue weighted by Crippen LogP contribution is -2.26. The molecule has 2 nitrogen and oxygen atoms in total. The van der Waals surface area contributed by atoms with Gasteiger partial charge in [-0.15, -0.1) is 0 Å². The molecule has 0 amide bonds. The van der Waals surface area contributed by atoms with E-state index in [1.807, 2.05) is 12.1 Å². The number of hydrogen-bond donors (Lipinski definition) is 1. The summed E-state index contributed by atoms with van der Waals surface area (Å²) >= 11 is 0. The lowest BCUT2D eigenvalue weighted by atomic mass is 9.94. The maximum Gasteiger partial charge on any atom is 0.115 e. The maximum absolute atomic E-state index is 9.39. The van der Waals surface area contributed by atoms with E-state index in [4.69, 9.17) is 0 Å². The highest BCUT2D eigenvalue weighted by Crippen LogP contribution is 2.18. The predicted octanol–water partition coefficient (Wildman–Crippen LogP) is 2.91. The predicted molar refractivity (Wildman–Crippen MR) is 68.7 cm³/mol. The molecule has 0 aromatic heterocycles. The van der Waals surface area contributed by atoms with Crippen LogP contribution in [-0.2, 0) is 6.42 Å². The average Bonchev–Trinajstić information content (AvgIpc) is 2.16.